The molecular formula is C11H19N5O3. The number of hydrogen-bond donors (Lipinski definition) is 2. The van der Waals surface area contributed by atoms with Gasteiger partial charge in [-0.1, -0.05) is 13.8 Å². The number of nitrogens with zero attached hydrogens (tertiary/aromatic N) is 3. The minimum absolute atomic E-state index is 0.0213. The molecule has 0 aliphatic rings. The van der Waals surface area contributed by atoms with Crippen molar-refractivity contribution in [1.29, 1.82) is 0 Å². The van der Waals surface area contributed by atoms with Crippen LogP contribution in [0.2, 0.25) is 0 Å². The summed E-state index contributed by atoms with van der Waals surface area (Å²) in [7, 11) is 1.59. The van der Waals surface area contributed by atoms with Gasteiger partial charge >= 0.3 is 5.69 Å². The van der Waals surface area contributed by atoms with Crippen LogP contribution in [0, 0.1) is 23.0 Å². The first kappa shape index (κ1) is 14.9. The first-order valence-electron chi connectivity index (χ1n) is 6.01. The van der Waals surface area contributed by atoms with Gasteiger partial charge in [0, 0.05) is 13.6 Å². The highest BCUT2D eigenvalue weighted by molar-refractivity contribution is 5.81. The molecule has 1 rings (SSSR count). The van der Waals surface area contributed by atoms with Crippen LogP contribution in [0.4, 0.5) is 11.5 Å². The van der Waals surface area contributed by atoms with Crippen LogP contribution in [-0.4, -0.2) is 33.7 Å². The minimum Gasteiger partial charge on any atom is -0.355 e. The third kappa shape index (κ3) is 3.94. The Morgan fingerprint density at radius 2 is 2.16 bits per heavy atom. The second kappa shape index (κ2) is 6.17. The van der Waals surface area contributed by atoms with E-state index in [1.807, 2.05) is 13.8 Å². The van der Waals surface area contributed by atoms with Gasteiger partial charge < -0.3 is 10.6 Å². The Labute approximate surface area is 111 Å². The van der Waals surface area contributed by atoms with Gasteiger partial charge in [-0.3, -0.25) is 14.9 Å². The van der Waals surface area contributed by atoms with E-state index < -0.39 is 4.92 Å². The van der Waals surface area contributed by atoms with E-state index >= 15 is 0 Å². The van der Waals surface area contributed by atoms with E-state index in [4.69, 9.17) is 0 Å². The molecule has 0 atom stereocenters. The van der Waals surface area contributed by atoms with E-state index in [2.05, 4.69) is 15.7 Å². The van der Waals surface area contributed by atoms with E-state index in [9.17, 15) is 14.9 Å². The maximum atomic E-state index is 11.5. The number of amides is 1. The van der Waals surface area contributed by atoms with Crippen LogP contribution in [0.1, 0.15) is 19.5 Å². The van der Waals surface area contributed by atoms with Gasteiger partial charge in [0.1, 0.15) is 5.69 Å². The molecule has 0 bridgehead atoms. The molecule has 1 amide bonds. The molecule has 8 nitrogen and oxygen atoms in total. The Kier molecular flexibility index (Phi) is 4.85. The van der Waals surface area contributed by atoms with E-state index in [-0.39, 0.29) is 24.0 Å². The average Bonchev–Trinajstić information content (AvgIpc) is 2.58. The molecule has 0 fully saturated rings. The van der Waals surface area contributed by atoms with Crippen LogP contribution in [0.3, 0.4) is 0 Å². The lowest BCUT2D eigenvalue weighted by atomic mass is 10.2. The molecule has 0 aliphatic carbocycles. The number of aromatic nitrogens is 2. The highest BCUT2D eigenvalue weighted by Crippen LogP contribution is 2.26. The van der Waals surface area contributed by atoms with Crippen molar-refractivity contribution >= 4 is 17.4 Å². The van der Waals surface area contributed by atoms with Crippen LogP contribution >= 0.6 is 0 Å². The van der Waals surface area contributed by atoms with E-state index in [0.717, 1.165) is 0 Å². The number of carbonyl (C=O) groups is 1. The van der Waals surface area contributed by atoms with Gasteiger partial charge in [-0.05, 0) is 12.8 Å². The largest absolute Gasteiger partial charge is 0.355 e. The van der Waals surface area contributed by atoms with Crippen molar-refractivity contribution < 1.29 is 9.72 Å². The van der Waals surface area contributed by atoms with Gasteiger partial charge in [-0.2, -0.15) is 5.10 Å². The molecule has 1 aromatic rings. The van der Waals surface area contributed by atoms with E-state index in [1.54, 1.807) is 14.0 Å². The van der Waals surface area contributed by atoms with Crippen molar-refractivity contribution in [1.82, 2.24) is 15.1 Å². The lowest BCUT2D eigenvalue weighted by molar-refractivity contribution is -0.384. The van der Waals surface area contributed by atoms with Crippen molar-refractivity contribution in [2.24, 2.45) is 13.0 Å². The summed E-state index contributed by atoms with van der Waals surface area (Å²) < 4.78 is 1.36. The summed E-state index contributed by atoms with van der Waals surface area (Å²) >= 11 is 0. The molecule has 0 saturated carbocycles. The summed E-state index contributed by atoms with van der Waals surface area (Å²) in [6.45, 7) is 6.09. The number of rotatable bonds is 6. The quantitative estimate of drug-likeness (QED) is 0.588. The van der Waals surface area contributed by atoms with Crippen LogP contribution in [0.15, 0.2) is 0 Å². The summed E-state index contributed by atoms with van der Waals surface area (Å²) in [5.74, 6) is 0.390. The van der Waals surface area contributed by atoms with E-state index in [0.29, 0.717) is 18.2 Å². The smallest absolute Gasteiger partial charge is 0.333 e. The summed E-state index contributed by atoms with van der Waals surface area (Å²) in [6, 6.07) is 0. The topological polar surface area (TPSA) is 102 Å². The maximum absolute atomic E-state index is 11.5. The number of carbonyl (C=O) groups excluding carboxylic acids is 1. The molecule has 0 unspecified atom stereocenters. The van der Waals surface area contributed by atoms with Crippen molar-refractivity contribution in [3.05, 3.63) is 15.8 Å². The fourth-order valence-corrected chi connectivity index (χ4v) is 1.61. The monoisotopic (exact) mass is 269 g/mol. The molecule has 0 spiro atoms. The standard InChI is InChI=1S/C11H19N5O3/c1-7(2)5-12-9(17)6-13-11-10(16(18)19)8(3)14-15(11)4/h7,13H,5-6H2,1-4H3,(H,12,17). The third-order valence-corrected chi connectivity index (χ3v) is 2.50. The SMILES string of the molecule is Cc1nn(C)c(NCC(=O)NCC(C)C)c1[N+](=O)[O-]. The van der Waals surface area contributed by atoms with Crippen LogP contribution in [0.25, 0.3) is 0 Å². The van der Waals surface area contributed by atoms with E-state index in [1.165, 1.54) is 4.68 Å². The molecule has 8 heteroatoms. The summed E-state index contributed by atoms with van der Waals surface area (Å²) in [6.07, 6.45) is 0. The second-order valence-corrected chi connectivity index (χ2v) is 4.71. The lowest BCUT2D eigenvalue weighted by Gasteiger charge is -2.09. The Bertz CT molecular complexity index is 481. The predicted octanol–water partition coefficient (Wildman–Crippen LogP) is 0.821. The van der Waals surface area contributed by atoms with Crippen LogP contribution in [0.5, 0.6) is 0 Å². The molecule has 1 aromatic heterocycles. The van der Waals surface area contributed by atoms with Gasteiger partial charge in [0.05, 0.1) is 11.5 Å². The predicted molar refractivity (Wildman–Crippen MR) is 70.9 cm³/mol. The minimum atomic E-state index is -0.503. The van der Waals surface area contributed by atoms with Gasteiger partial charge in [-0.25, -0.2) is 4.68 Å². The molecule has 0 aliphatic heterocycles. The van der Waals surface area contributed by atoms with Gasteiger partial charge in [0.15, 0.2) is 0 Å². The maximum Gasteiger partial charge on any atom is 0.333 e. The van der Waals surface area contributed by atoms with Crippen molar-refractivity contribution in [3.63, 3.8) is 0 Å². The zero-order valence-corrected chi connectivity index (χ0v) is 11.6. The molecule has 106 valence electrons. The number of anilines is 1. The van der Waals surface area contributed by atoms with Crippen LogP contribution < -0.4 is 10.6 Å². The number of nitrogens with one attached hydrogen (secondary N) is 2. The summed E-state index contributed by atoms with van der Waals surface area (Å²) in [5, 5.41) is 20.4. The normalized spacial score (nSPS) is 10.6. The number of aryl methyl sites for hydroxylation is 2. The average molecular weight is 269 g/mol. The summed E-state index contributed by atoms with van der Waals surface area (Å²) in [4.78, 5) is 22.0. The summed E-state index contributed by atoms with van der Waals surface area (Å²) in [5.41, 5.74) is 0.219. The van der Waals surface area contributed by atoms with Crippen molar-refractivity contribution in [2.45, 2.75) is 20.8 Å². The Morgan fingerprint density at radius 1 is 1.53 bits per heavy atom. The lowest BCUT2D eigenvalue weighted by Crippen LogP contribution is -2.32. The Balaban J connectivity index is 2.68. The van der Waals surface area contributed by atoms with Gasteiger partial charge in [0.25, 0.3) is 0 Å². The molecule has 2 N–H and O–H groups in total. The molecule has 0 saturated heterocycles. The van der Waals surface area contributed by atoms with Gasteiger partial charge in [0.2, 0.25) is 11.7 Å². The highest BCUT2D eigenvalue weighted by atomic mass is 16.6. The van der Waals surface area contributed by atoms with Crippen LogP contribution in [-0.2, 0) is 11.8 Å². The Hall–Kier alpha value is -2.12. The fourth-order valence-electron chi connectivity index (χ4n) is 1.61. The first-order valence-corrected chi connectivity index (χ1v) is 6.01. The first-order chi connectivity index (χ1) is 8.82. The second-order valence-electron chi connectivity index (χ2n) is 4.71. The van der Waals surface area contributed by atoms with Crippen molar-refractivity contribution in [2.75, 3.05) is 18.4 Å². The zero-order valence-electron chi connectivity index (χ0n) is 11.6. The Morgan fingerprint density at radius 3 is 2.68 bits per heavy atom. The number of nitro groups is 1. The highest BCUT2D eigenvalue weighted by Gasteiger charge is 2.24. The number of hydrogen-bond acceptors (Lipinski definition) is 5. The van der Waals surface area contributed by atoms with Crippen molar-refractivity contribution in [3.8, 4) is 0 Å². The van der Waals surface area contributed by atoms with Gasteiger partial charge in [-0.15, -0.1) is 0 Å². The molecule has 1 heterocycles. The zero-order chi connectivity index (χ0) is 14.6. The fraction of sp³-hybridized carbons (Fsp3) is 0.636. The molecule has 19 heavy (non-hydrogen) atoms. The third-order valence-electron chi connectivity index (χ3n) is 2.50. The molecular weight excluding hydrogens is 250 g/mol. The molecule has 0 radical (unpaired) electrons. The molecule has 0 aromatic carbocycles.